The van der Waals surface area contributed by atoms with Crippen LogP contribution in [0.25, 0.3) is 0 Å². The van der Waals surface area contributed by atoms with Crippen LogP contribution in [0.1, 0.15) is 34.1 Å². The van der Waals surface area contributed by atoms with Crippen LogP contribution in [0.2, 0.25) is 0 Å². The van der Waals surface area contributed by atoms with Gasteiger partial charge in [-0.1, -0.05) is 20.3 Å². The minimum Gasteiger partial charge on any atom is -0.491 e. The predicted molar refractivity (Wildman–Crippen MR) is 70.1 cm³/mol. The Balaban J connectivity index is 2.70. The van der Waals surface area contributed by atoms with Crippen LogP contribution in [0.4, 0.5) is 10.1 Å². The van der Waals surface area contributed by atoms with E-state index in [0.29, 0.717) is 24.3 Å². The summed E-state index contributed by atoms with van der Waals surface area (Å²) in [4.78, 5) is 0. The minimum absolute atomic E-state index is 0.312. The summed E-state index contributed by atoms with van der Waals surface area (Å²) in [5.41, 5.74) is 0.804. The number of rotatable bonds is 6. The molecule has 0 bridgehead atoms. The van der Waals surface area contributed by atoms with Crippen molar-refractivity contribution in [3.8, 4) is 5.75 Å². The topological polar surface area (TPSA) is 21.3 Å². The average Bonchev–Trinajstić information content (AvgIpc) is 2.31. The highest BCUT2D eigenvalue weighted by Crippen LogP contribution is 2.22. The number of hydrogen-bond acceptors (Lipinski definition) is 2. The summed E-state index contributed by atoms with van der Waals surface area (Å²) in [6.07, 6.45) is 1.10. The van der Waals surface area contributed by atoms with E-state index in [1.165, 1.54) is 6.07 Å². The maximum atomic E-state index is 13.6. The molecule has 1 rings (SSSR count). The highest BCUT2D eigenvalue weighted by molar-refractivity contribution is 5.48. The monoisotopic (exact) mass is 239 g/mol. The smallest absolute Gasteiger partial charge is 0.167 e. The zero-order chi connectivity index (χ0) is 12.8. The van der Waals surface area contributed by atoms with E-state index in [9.17, 15) is 4.39 Å². The first-order valence-electron chi connectivity index (χ1n) is 6.27. The Bertz CT molecular complexity index is 354. The Hall–Kier alpha value is -1.25. The largest absolute Gasteiger partial charge is 0.491 e. The van der Waals surface area contributed by atoms with Gasteiger partial charge in [0.1, 0.15) is 0 Å². The van der Waals surface area contributed by atoms with E-state index in [1.807, 2.05) is 13.0 Å². The zero-order valence-corrected chi connectivity index (χ0v) is 11.1. The molecular formula is C14H22FNO. The van der Waals surface area contributed by atoms with Gasteiger partial charge < -0.3 is 10.1 Å². The van der Waals surface area contributed by atoms with Crippen molar-refractivity contribution in [2.75, 3.05) is 11.9 Å². The quantitative estimate of drug-likeness (QED) is 0.808. The molecule has 1 N–H and O–H groups in total. The Morgan fingerprint density at radius 3 is 2.53 bits per heavy atom. The van der Waals surface area contributed by atoms with Crippen molar-refractivity contribution in [2.24, 2.45) is 5.92 Å². The lowest BCUT2D eigenvalue weighted by atomic mass is 10.0. The first-order valence-corrected chi connectivity index (χ1v) is 6.27. The minimum atomic E-state index is -0.312. The number of anilines is 1. The van der Waals surface area contributed by atoms with Gasteiger partial charge in [0.25, 0.3) is 0 Å². The normalized spacial score (nSPS) is 14.2. The molecule has 1 aromatic carbocycles. The molecular weight excluding hydrogens is 217 g/mol. The third kappa shape index (κ3) is 3.91. The van der Waals surface area contributed by atoms with Crippen molar-refractivity contribution in [2.45, 2.75) is 40.2 Å². The van der Waals surface area contributed by atoms with E-state index in [-0.39, 0.29) is 5.82 Å². The maximum Gasteiger partial charge on any atom is 0.167 e. The zero-order valence-electron chi connectivity index (χ0n) is 11.1. The van der Waals surface area contributed by atoms with Crippen LogP contribution in [0.15, 0.2) is 18.2 Å². The SMILES string of the molecule is CCOc1ccc(NC(C)C(C)CC)cc1F. The molecule has 0 aromatic heterocycles. The number of benzene rings is 1. The summed E-state index contributed by atoms with van der Waals surface area (Å²) in [5, 5.41) is 3.31. The standard InChI is InChI=1S/C14H22FNO/c1-5-10(3)11(4)16-12-7-8-14(17-6-2)13(15)9-12/h7-11,16H,5-6H2,1-4H3. The molecule has 2 atom stereocenters. The molecule has 96 valence electrons. The molecule has 0 spiro atoms. The lowest BCUT2D eigenvalue weighted by Crippen LogP contribution is -2.23. The second-order valence-corrected chi connectivity index (χ2v) is 4.40. The van der Waals surface area contributed by atoms with Crippen LogP contribution in [-0.4, -0.2) is 12.6 Å². The summed E-state index contributed by atoms with van der Waals surface area (Å²) in [6.45, 7) is 8.77. The average molecular weight is 239 g/mol. The number of ether oxygens (including phenoxy) is 1. The van der Waals surface area contributed by atoms with Crippen LogP contribution >= 0.6 is 0 Å². The summed E-state index contributed by atoms with van der Waals surface area (Å²) in [5.74, 6) is 0.562. The molecule has 0 fully saturated rings. The number of nitrogens with one attached hydrogen (secondary N) is 1. The number of hydrogen-bond donors (Lipinski definition) is 1. The van der Waals surface area contributed by atoms with Gasteiger partial charge in [0.2, 0.25) is 0 Å². The Morgan fingerprint density at radius 2 is 2.00 bits per heavy atom. The molecule has 3 heteroatoms. The molecule has 0 aliphatic rings. The summed E-state index contributed by atoms with van der Waals surface area (Å²) < 4.78 is 18.8. The fourth-order valence-corrected chi connectivity index (χ4v) is 1.62. The van der Waals surface area contributed by atoms with Gasteiger partial charge in [-0.05, 0) is 31.9 Å². The fourth-order valence-electron chi connectivity index (χ4n) is 1.62. The fraction of sp³-hybridized carbons (Fsp3) is 0.571. The van der Waals surface area contributed by atoms with E-state index in [2.05, 4.69) is 26.1 Å². The molecule has 0 radical (unpaired) electrons. The first kappa shape index (κ1) is 13.8. The van der Waals surface area contributed by atoms with Crippen molar-refractivity contribution in [3.63, 3.8) is 0 Å². The summed E-state index contributed by atoms with van der Waals surface area (Å²) >= 11 is 0. The Morgan fingerprint density at radius 1 is 1.29 bits per heavy atom. The van der Waals surface area contributed by atoms with Crippen molar-refractivity contribution in [1.29, 1.82) is 0 Å². The molecule has 0 aliphatic carbocycles. The van der Waals surface area contributed by atoms with Gasteiger partial charge in [-0.25, -0.2) is 4.39 Å². The first-order chi connectivity index (χ1) is 8.08. The molecule has 0 aliphatic heterocycles. The van der Waals surface area contributed by atoms with Crippen LogP contribution in [0, 0.1) is 11.7 Å². The van der Waals surface area contributed by atoms with Crippen LogP contribution in [0.3, 0.4) is 0 Å². The van der Waals surface area contributed by atoms with Crippen LogP contribution in [0.5, 0.6) is 5.75 Å². The lowest BCUT2D eigenvalue weighted by Gasteiger charge is -2.21. The predicted octanol–water partition coefficient (Wildman–Crippen LogP) is 4.07. The van der Waals surface area contributed by atoms with E-state index in [1.54, 1.807) is 6.07 Å². The number of halogens is 1. The summed E-state index contributed by atoms with van der Waals surface area (Å²) in [6, 6.07) is 5.35. The summed E-state index contributed by atoms with van der Waals surface area (Å²) in [7, 11) is 0. The van der Waals surface area contributed by atoms with Gasteiger partial charge in [0.15, 0.2) is 11.6 Å². The Labute approximate surface area is 103 Å². The molecule has 2 nitrogen and oxygen atoms in total. The third-order valence-corrected chi connectivity index (χ3v) is 3.12. The van der Waals surface area contributed by atoms with Gasteiger partial charge >= 0.3 is 0 Å². The highest BCUT2D eigenvalue weighted by Gasteiger charge is 2.11. The second kappa shape index (κ2) is 6.48. The van der Waals surface area contributed by atoms with Gasteiger partial charge in [0, 0.05) is 17.8 Å². The van der Waals surface area contributed by atoms with E-state index in [4.69, 9.17) is 4.74 Å². The second-order valence-electron chi connectivity index (χ2n) is 4.40. The Kier molecular flexibility index (Phi) is 5.26. The molecule has 1 aromatic rings. The molecule has 2 unspecified atom stereocenters. The molecule has 0 heterocycles. The van der Waals surface area contributed by atoms with Crippen molar-refractivity contribution >= 4 is 5.69 Å². The highest BCUT2D eigenvalue weighted by atomic mass is 19.1. The lowest BCUT2D eigenvalue weighted by molar-refractivity contribution is 0.321. The van der Waals surface area contributed by atoms with Crippen molar-refractivity contribution < 1.29 is 9.13 Å². The van der Waals surface area contributed by atoms with E-state index < -0.39 is 0 Å². The molecule has 0 saturated heterocycles. The molecule has 0 amide bonds. The maximum absolute atomic E-state index is 13.6. The molecule has 0 saturated carbocycles. The van der Waals surface area contributed by atoms with E-state index in [0.717, 1.165) is 12.1 Å². The van der Waals surface area contributed by atoms with Gasteiger partial charge in [0.05, 0.1) is 6.61 Å². The van der Waals surface area contributed by atoms with Crippen LogP contribution in [-0.2, 0) is 0 Å². The van der Waals surface area contributed by atoms with Crippen molar-refractivity contribution in [3.05, 3.63) is 24.0 Å². The van der Waals surface area contributed by atoms with Gasteiger partial charge in [-0.15, -0.1) is 0 Å². The van der Waals surface area contributed by atoms with Gasteiger partial charge in [-0.3, -0.25) is 0 Å². The third-order valence-electron chi connectivity index (χ3n) is 3.12. The molecule has 17 heavy (non-hydrogen) atoms. The van der Waals surface area contributed by atoms with Crippen molar-refractivity contribution in [1.82, 2.24) is 0 Å². The van der Waals surface area contributed by atoms with Gasteiger partial charge in [-0.2, -0.15) is 0 Å². The van der Waals surface area contributed by atoms with E-state index >= 15 is 0 Å². The van der Waals surface area contributed by atoms with Crippen LogP contribution < -0.4 is 10.1 Å².